The second kappa shape index (κ2) is 1.53. The second-order valence-electron chi connectivity index (χ2n) is 8.22. The van der Waals surface area contributed by atoms with Crippen molar-refractivity contribution in [3.05, 3.63) is 0 Å². The largest absolute Gasteiger partial charge is 0.0596 e. The van der Waals surface area contributed by atoms with E-state index in [2.05, 4.69) is 27.7 Å². The quantitative estimate of drug-likeness (QED) is 0.541. The first kappa shape index (κ1) is 8.19. The molecule has 6 aliphatic rings. The molecule has 0 aromatic carbocycles. The summed E-state index contributed by atoms with van der Waals surface area (Å²) < 4.78 is 0. The molecular weight excluding hydrogens is 168 g/mol. The van der Waals surface area contributed by atoms with Gasteiger partial charge in [-0.3, -0.25) is 0 Å². The average molecular weight is 190 g/mol. The van der Waals surface area contributed by atoms with Crippen molar-refractivity contribution in [3.63, 3.8) is 0 Å². The predicted molar refractivity (Wildman–Crippen MR) is 57.9 cm³/mol. The highest BCUT2D eigenvalue weighted by Crippen LogP contribution is 2.96. The molecule has 0 heteroatoms. The third kappa shape index (κ3) is 0.447. The maximum absolute atomic E-state index is 2.62. The molecule has 1 spiro atoms. The van der Waals surface area contributed by atoms with Crippen LogP contribution in [0.15, 0.2) is 0 Å². The van der Waals surface area contributed by atoms with E-state index in [-0.39, 0.29) is 0 Å². The van der Waals surface area contributed by atoms with Crippen LogP contribution in [0.5, 0.6) is 0 Å². The Hall–Kier alpha value is 0. The van der Waals surface area contributed by atoms with Gasteiger partial charge in [-0.25, -0.2) is 0 Å². The first-order chi connectivity index (χ1) is 6.29. The lowest BCUT2D eigenvalue weighted by Crippen LogP contribution is -2.86. The molecule has 6 aliphatic carbocycles. The van der Waals surface area contributed by atoms with Crippen molar-refractivity contribution in [1.82, 2.24) is 0 Å². The van der Waals surface area contributed by atoms with Crippen LogP contribution in [-0.2, 0) is 0 Å². The Morgan fingerprint density at radius 3 is 1.57 bits per heavy atom. The van der Waals surface area contributed by atoms with Gasteiger partial charge in [-0.2, -0.15) is 0 Å². The zero-order valence-electron chi connectivity index (χ0n) is 10.0. The third-order valence-electron chi connectivity index (χ3n) is 7.33. The third-order valence-corrected chi connectivity index (χ3v) is 7.33. The van der Waals surface area contributed by atoms with Crippen LogP contribution in [0.25, 0.3) is 0 Å². The van der Waals surface area contributed by atoms with Crippen LogP contribution in [0, 0.1) is 27.1 Å². The molecule has 0 aliphatic heterocycles. The summed E-state index contributed by atoms with van der Waals surface area (Å²) in [5, 5.41) is 0. The minimum Gasteiger partial charge on any atom is -0.0596 e. The van der Waals surface area contributed by atoms with Gasteiger partial charge in [-0.1, -0.05) is 27.7 Å². The maximum atomic E-state index is 2.62. The van der Waals surface area contributed by atoms with Gasteiger partial charge in [0, 0.05) is 0 Å². The predicted octanol–water partition coefficient (Wildman–Crippen LogP) is 4.00. The summed E-state index contributed by atoms with van der Waals surface area (Å²) in [7, 11) is 0. The molecule has 2 atom stereocenters. The first-order valence-electron chi connectivity index (χ1n) is 6.29. The first-order valence-corrected chi connectivity index (χ1v) is 6.29. The highest BCUT2D eigenvalue weighted by molar-refractivity contribution is 5.37. The molecule has 0 aromatic rings. The fraction of sp³-hybridized carbons (Fsp3) is 1.00. The lowest BCUT2D eigenvalue weighted by Gasteiger charge is -2.93. The minimum absolute atomic E-state index is 0.714. The summed E-state index contributed by atoms with van der Waals surface area (Å²) in [6, 6.07) is 0. The highest BCUT2D eigenvalue weighted by Gasteiger charge is 2.88. The molecule has 5 bridgehead atoms. The van der Waals surface area contributed by atoms with E-state index in [9.17, 15) is 0 Å². The molecule has 6 rings (SSSR count). The van der Waals surface area contributed by atoms with Crippen LogP contribution in [0.2, 0.25) is 0 Å². The topological polar surface area (TPSA) is 0 Å². The smallest absolute Gasteiger partial charge is 0.0160 e. The minimum atomic E-state index is 0.714. The molecule has 6 fully saturated rings. The molecule has 0 N–H and O–H groups in total. The Balaban J connectivity index is 1.96. The van der Waals surface area contributed by atoms with Crippen molar-refractivity contribution in [1.29, 1.82) is 0 Å². The molecule has 0 saturated heterocycles. The molecule has 14 heavy (non-hydrogen) atoms. The van der Waals surface area contributed by atoms with Crippen molar-refractivity contribution in [3.8, 4) is 0 Å². The normalized spacial score (nSPS) is 78.0. The molecule has 6 saturated carbocycles. The zero-order chi connectivity index (χ0) is 10.0. The van der Waals surface area contributed by atoms with E-state index in [1.54, 1.807) is 19.3 Å². The van der Waals surface area contributed by atoms with E-state index >= 15 is 0 Å². The monoisotopic (exact) mass is 190 g/mol. The fourth-order valence-corrected chi connectivity index (χ4v) is 7.73. The van der Waals surface area contributed by atoms with E-state index < -0.39 is 0 Å². The van der Waals surface area contributed by atoms with Crippen LogP contribution in [0.1, 0.15) is 59.8 Å². The molecule has 0 nitrogen and oxygen atoms in total. The lowest BCUT2D eigenvalue weighted by atomic mass is 9.11. The number of rotatable bonds is 0. The van der Waals surface area contributed by atoms with Crippen molar-refractivity contribution in [2.45, 2.75) is 59.8 Å². The average Bonchev–Trinajstić information content (AvgIpc) is 1.96. The number of hydrogen-bond acceptors (Lipinski definition) is 0. The SMILES string of the molecule is CC12CC3(C)CC4(C1)CC(C)(C2)C34C. The maximum Gasteiger partial charge on any atom is -0.0160 e. The molecule has 78 valence electrons. The molecule has 2 unspecified atom stereocenters. The highest BCUT2D eigenvalue weighted by atomic mass is 14.9. The zero-order valence-corrected chi connectivity index (χ0v) is 10.0. The van der Waals surface area contributed by atoms with Gasteiger partial charge in [0.2, 0.25) is 0 Å². The van der Waals surface area contributed by atoms with Gasteiger partial charge in [-0.15, -0.1) is 0 Å². The Morgan fingerprint density at radius 2 is 1.14 bits per heavy atom. The van der Waals surface area contributed by atoms with Crippen LogP contribution in [-0.4, -0.2) is 0 Å². The van der Waals surface area contributed by atoms with Crippen LogP contribution >= 0.6 is 0 Å². The molecule has 0 radical (unpaired) electrons. The van der Waals surface area contributed by atoms with Crippen molar-refractivity contribution in [2.24, 2.45) is 27.1 Å². The Kier molecular flexibility index (Phi) is 0.894. The van der Waals surface area contributed by atoms with E-state index in [0.717, 1.165) is 16.2 Å². The van der Waals surface area contributed by atoms with Crippen molar-refractivity contribution < 1.29 is 0 Å². The van der Waals surface area contributed by atoms with E-state index in [1.807, 2.05) is 0 Å². The van der Waals surface area contributed by atoms with E-state index in [1.165, 1.54) is 12.8 Å². The van der Waals surface area contributed by atoms with Gasteiger partial charge < -0.3 is 0 Å². The summed E-state index contributed by atoms with van der Waals surface area (Å²) in [4.78, 5) is 0. The number of hydrogen-bond donors (Lipinski definition) is 0. The summed E-state index contributed by atoms with van der Waals surface area (Å²) in [5.74, 6) is 0. The lowest BCUT2D eigenvalue weighted by molar-refractivity contribution is -0.448. The Labute approximate surface area is 87.5 Å². The van der Waals surface area contributed by atoms with Crippen molar-refractivity contribution >= 4 is 0 Å². The van der Waals surface area contributed by atoms with Gasteiger partial charge in [0.05, 0.1) is 0 Å². The van der Waals surface area contributed by atoms with Crippen LogP contribution in [0.4, 0.5) is 0 Å². The van der Waals surface area contributed by atoms with Gasteiger partial charge in [0.1, 0.15) is 0 Å². The molecule has 0 aromatic heterocycles. The summed E-state index contributed by atoms with van der Waals surface area (Å²) in [6.07, 6.45) is 7.72. The Morgan fingerprint density at radius 1 is 0.643 bits per heavy atom. The van der Waals surface area contributed by atoms with Crippen LogP contribution < -0.4 is 0 Å². The van der Waals surface area contributed by atoms with Gasteiger partial charge in [-0.05, 0) is 59.2 Å². The van der Waals surface area contributed by atoms with Crippen LogP contribution in [0.3, 0.4) is 0 Å². The summed E-state index contributed by atoms with van der Waals surface area (Å²) >= 11 is 0. The van der Waals surface area contributed by atoms with Gasteiger partial charge in [0.15, 0.2) is 0 Å². The molecular formula is C14H22. The molecule has 0 heterocycles. The van der Waals surface area contributed by atoms with Gasteiger partial charge in [0.25, 0.3) is 0 Å². The van der Waals surface area contributed by atoms with E-state index in [4.69, 9.17) is 0 Å². The Bertz CT molecular complexity index is 307. The van der Waals surface area contributed by atoms with Gasteiger partial charge >= 0.3 is 0 Å². The second-order valence-corrected chi connectivity index (χ2v) is 8.22. The molecule has 0 amide bonds. The summed E-state index contributed by atoms with van der Waals surface area (Å²) in [5.41, 5.74) is 3.68. The summed E-state index contributed by atoms with van der Waals surface area (Å²) in [6.45, 7) is 10.4. The van der Waals surface area contributed by atoms with Crippen molar-refractivity contribution in [2.75, 3.05) is 0 Å². The fourth-order valence-electron chi connectivity index (χ4n) is 7.73. The standard InChI is InChI=1S/C14H22/c1-10-5-11(2)8-14(7-10)9-12(3,6-10)13(11,14)4/h5-9H2,1-4H3. The van der Waals surface area contributed by atoms with E-state index in [0.29, 0.717) is 10.8 Å².